The molecule has 0 atom stereocenters. The minimum atomic E-state index is -4.49. The van der Waals surface area contributed by atoms with E-state index in [1.54, 1.807) is 12.4 Å². The van der Waals surface area contributed by atoms with Gasteiger partial charge in [0.25, 0.3) is 5.91 Å². The van der Waals surface area contributed by atoms with E-state index in [2.05, 4.69) is 25.4 Å². The third-order valence-corrected chi connectivity index (χ3v) is 6.40. The van der Waals surface area contributed by atoms with Crippen LogP contribution in [0.5, 0.6) is 0 Å². The van der Waals surface area contributed by atoms with E-state index in [0.717, 1.165) is 17.7 Å². The summed E-state index contributed by atoms with van der Waals surface area (Å²) in [6, 6.07) is 8.26. The highest BCUT2D eigenvalue weighted by atomic mass is 19.4. The Hall–Kier alpha value is -2.98. The number of hydrogen-bond donors (Lipinski definition) is 2. The topological polar surface area (TPSA) is 77.6 Å². The van der Waals surface area contributed by atoms with E-state index >= 15 is 0 Å². The van der Waals surface area contributed by atoms with E-state index in [9.17, 15) is 22.8 Å². The van der Waals surface area contributed by atoms with Crippen LogP contribution >= 0.6 is 0 Å². The summed E-state index contributed by atoms with van der Waals surface area (Å²) in [4.78, 5) is 33.4. The van der Waals surface area contributed by atoms with Crippen LogP contribution in [-0.4, -0.2) is 65.0 Å². The van der Waals surface area contributed by atoms with Crippen molar-refractivity contribution < 1.29 is 22.8 Å². The van der Waals surface area contributed by atoms with Crippen LogP contribution in [0.3, 0.4) is 0 Å². The number of rotatable bonds is 6. The molecule has 2 N–H and O–H groups in total. The molecule has 0 bridgehead atoms. The van der Waals surface area contributed by atoms with Crippen LogP contribution in [0.25, 0.3) is 0 Å². The predicted octanol–water partition coefficient (Wildman–Crippen LogP) is 2.25. The van der Waals surface area contributed by atoms with Crippen LogP contribution in [0.15, 0.2) is 48.8 Å². The third-order valence-electron chi connectivity index (χ3n) is 6.40. The van der Waals surface area contributed by atoms with Gasteiger partial charge in [0.1, 0.15) is 5.54 Å². The number of halogens is 3. The molecule has 0 saturated carbocycles. The van der Waals surface area contributed by atoms with Gasteiger partial charge in [-0.15, -0.1) is 0 Å². The minimum Gasteiger partial charge on any atom is -0.351 e. The number of pyridine rings is 1. The summed E-state index contributed by atoms with van der Waals surface area (Å²) in [7, 11) is 0. The molecule has 0 radical (unpaired) electrons. The van der Waals surface area contributed by atoms with Crippen molar-refractivity contribution in [2.24, 2.45) is 0 Å². The Morgan fingerprint density at radius 3 is 2.67 bits per heavy atom. The van der Waals surface area contributed by atoms with Crippen LogP contribution in [0.1, 0.15) is 34.3 Å². The molecule has 2 amide bonds. The molecule has 3 heterocycles. The van der Waals surface area contributed by atoms with Gasteiger partial charge in [0, 0.05) is 50.7 Å². The van der Waals surface area contributed by atoms with E-state index in [1.165, 1.54) is 12.1 Å². The fourth-order valence-corrected chi connectivity index (χ4v) is 4.50. The molecule has 1 spiro atoms. The normalized spacial score (nSPS) is 18.9. The number of aromatic nitrogens is 1. The zero-order valence-electron chi connectivity index (χ0n) is 18.1. The number of hydrogen-bond acceptors (Lipinski definition) is 5. The van der Waals surface area contributed by atoms with Gasteiger partial charge >= 0.3 is 6.18 Å². The van der Waals surface area contributed by atoms with E-state index in [-0.39, 0.29) is 11.5 Å². The van der Waals surface area contributed by atoms with E-state index in [4.69, 9.17) is 0 Å². The van der Waals surface area contributed by atoms with Crippen molar-refractivity contribution in [3.05, 3.63) is 65.5 Å². The van der Waals surface area contributed by atoms with Gasteiger partial charge in [-0.1, -0.05) is 12.1 Å². The second kappa shape index (κ2) is 9.48. The van der Waals surface area contributed by atoms with Crippen LogP contribution in [0.4, 0.5) is 13.2 Å². The average Bonchev–Trinajstić information content (AvgIpc) is 3.10. The summed E-state index contributed by atoms with van der Waals surface area (Å²) in [6.45, 7) is 3.39. The molecule has 2 fully saturated rings. The van der Waals surface area contributed by atoms with Gasteiger partial charge in [-0.25, -0.2) is 0 Å². The molecule has 2 aromatic rings. The number of benzene rings is 1. The van der Waals surface area contributed by atoms with Crippen molar-refractivity contribution >= 4 is 11.8 Å². The van der Waals surface area contributed by atoms with Crippen molar-refractivity contribution in [1.29, 1.82) is 0 Å². The van der Waals surface area contributed by atoms with Crippen LogP contribution < -0.4 is 10.6 Å². The summed E-state index contributed by atoms with van der Waals surface area (Å²) in [5, 5.41) is 5.66. The lowest BCUT2D eigenvalue weighted by Gasteiger charge is -2.42. The highest BCUT2D eigenvalue weighted by Gasteiger charge is 2.49. The number of alkyl halides is 3. The number of nitrogens with one attached hydrogen (secondary N) is 2. The molecule has 0 aliphatic carbocycles. The maximum atomic E-state index is 12.9. The molecule has 7 nitrogen and oxygen atoms in total. The number of piperidine rings is 1. The SMILES string of the molecule is O=C(NCCN1CCC2(CC1)C(=O)NCN2Cc1cccnc1)c1cccc(C(F)(F)F)c1. The largest absolute Gasteiger partial charge is 0.416 e. The fourth-order valence-electron chi connectivity index (χ4n) is 4.50. The van der Waals surface area contributed by atoms with Gasteiger partial charge in [-0.3, -0.25) is 19.5 Å². The maximum Gasteiger partial charge on any atom is 0.416 e. The standard InChI is InChI=1S/C23H26F3N5O2/c24-23(25,26)19-5-1-4-18(13-19)20(32)28-9-12-30-10-6-22(7-11-30)21(33)29-16-31(22)15-17-3-2-8-27-14-17/h1-5,8,13-14H,6-7,9-12,15-16H2,(H,28,32)(H,29,33). The van der Waals surface area contributed by atoms with Crippen LogP contribution in [0.2, 0.25) is 0 Å². The fraction of sp³-hybridized carbons (Fsp3) is 0.435. The Morgan fingerprint density at radius 1 is 1.18 bits per heavy atom. The zero-order valence-corrected chi connectivity index (χ0v) is 18.1. The van der Waals surface area contributed by atoms with Crippen molar-refractivity contribution in [2.75, 3.05) is 32.8 Å². The second-order valence-electron chi connectivity index (χ2n) is 8.43. The lowest BCUT2D eigenvalue weighted by Crippen LogP contribution is -2.56. The number of likely N-dealkylation sites (tertiary alicyclic amines) is 1. The smallest absolute Gasteiger partial charge is 0.351 e. The first-order chi connectivity index (χ1) is 15.8. The summed E-state index contributed by atoms with van der Waals surface area (Å²) < 4.78 is 38.6. The number of nitrogens with zero attached hydrogens (tertiary/aromatic N) is 3. The Kier molecular flexibility index (Phi) is 6.66. The van der Waals surface area contributed by atoms with Crippen molar-refractivity contribution in [2.45, 2.75) is 31.1 Å². The Bertz CT molecular complexity index is 991. The minimum absolute atomic E-state index is 0.0175. The molecule has 33 heavy (non-hydrogen) atoms. The lowest BCUT2D eigenvalue weighted by molar-refractivity contribution is -0.137. The van der Waals surface area contributed by atoms with Crippen molar-refractivity contribution in [3.63, 3.8) is 0 Å². The van der Waals surface area contributed by atoms with E-state index in [1.807, 2.05) is 12.1 Å². The van der Waals surface area contributed by atoms with E-state index in [0.29, 0.717) is 52.2 Å². The molecule has 1 aromatic heterocycles. The first-order valence-electron chi connectivity index (χ1n) is 10.9. The van der Waals surface area contributed by atoms with Gasteiger partial charge < -0.3 is 15.5 Å². The molecule has 0 unspecified atom stereocenters. The van der Waals surface area contributed by atoms with Gasteiger partial charge in [-0.2, -0.15) is 13.2 Å². The van der Waals surface area contributed by atoms with Gasteiger partial charge in [0.2, 0.25) is 5.91 Å². The van der Waals surface area contributed by atoms with Crippen LogP contribution in [-0.2, 0) is 17.5 Å². The molecule has 2 saturated heterocycles. The summed E-state index contributed by atoms with van der Waals surface area (Å²) in [5.74, 6) is -0.490. The quantitative estimate of drug-likeness (QED) is 0.690. The Balaban J connectivity index is 1.28. The number of amides is 2. The monoisotopic (exact) mass is 461 g/mol. The summed E-state index contributed by atoms with van der Waals surface area (Å²) >= 11 is 0. The maximum absolute atomic E-state index is 12.9. The Labute approximate surface area is 190 Å². The Morgan fingerprint density at radius 2 is 1.97 bits per heavy atom. The lowest BCUT2D eigenvalue weighted by atomic mass is 9.86. The molecular weight excluding hydrogens is 435 g/mol. The molecular formula is C23H26F3N5O2. The number of carbonyl (C=O) groups excluding carboxylic acids is 2. The van der Waals surface area contributed by atoms with Gasteiger partial charge in [-0.05, 0) is 42.7 Å². The summed E-state index contributed by atoms with van der Waals surface area (Å²) in [5.41, 5.74) is -0.362. The zero-order chi connectivity index (χ0) is 23.5. The summed E-state index contributed by atoms with van der Waals surface area (Å²) in [6.07, 6.45) is 0.370. The second-order valence-corrected chi connectivity index (χ2v) is 8.43. The van der Waals surface area contributed by atoms with Gasteiger partial charge in [0.05, 0.1) is 12.2 Å². The molecule has 1 aromatic carbocycles. The molecule has 2 aliphatic rings. The average molecular weight is 461 g/mol. The van der Waals surface area contributed by atoms with E-state index < -0.39 is 23.2 Å². The molecule has 4 rings (SSSR count). The van der Waals surface area contributed by atoms with Crippen LogP contribution in [0, 0.1) is 0 Å². The molecule has 2 aliphatic heterocycles. The first-order valence-corrected chi connectivity index (χ1v) is 10.9. The highest BCUT2D eigenvalue weighted by Crippen LogP contribution is 2.33. The molecule has 10 heteroatoms. The predicted molar refractivity (Wildman–Crippen MR) is 115 cm³/mol. The molecule has 176 valence electrons. The first kappa shape index (κ1) is 23.2. The number of carbonyl (C=O) groups is 2. The van der Waals surface area contributed by atoms with Gasteiger partial charge in [0.15, 0.2) is 0 Å². The third kappa shape index (κ3) is 5.17. The highest BCUT2D eigenvalue weighted by molar-refractivity contribution is 5.94. The van der Waals surface area contributed by atoms with Crippen molar-refractivity contribution in [1.82, 2.24) is 25.4 Å². The van der Waals surface area contributed by atoms with Crippen molar-refractivity contribution in [3.8, 4) is 0 Å².